The van der Waals surface area contributed by atoms with E-state index >= 15 is 0 Å². The number of ketones is 1. The van der Waals surface area contributed by atoms with Crippen molar-refractivity contribution in [2.75, 3.05) is 7.11 Å². The minimum Gasteiger partial charge on any atom is -0.366 e. The summed E-state index contributed by atoms with van der Waals surface area (Å²) in [4.78, 5) is 12.4. The zero-order valence-electron chi connectivity index (χ0n) is 9.45. The molecule has 0 aromatic carbocycles. The maximum atomic E-state index is 12.4. The first-order valence-electron chi connectivity index (χ1n) is 5.49. The van der Waals surface area contributed by atoms with Crippen LogP contribution in [0.3, 0.4) is 0 Å². The first kappa shape index (κ1) is 10.6. The highest BCUT2D eigenvalue weighted by molar-refractivity contribution is 5.96. The Kier molecular flexibility index (Phi) is 2.34. The Morgan fingerprint density at radius 3 is 2.93 bits per heavy atom. The first-order chi connectivity index (χ1) is 7.09. The summed E-state index contributed by atoms with van der Waals surface area (Å²) in [5, 5.41) is 0. The molecule has 3 atom stereocenters. The summed E-state index contributed by atoms with van der Waals surface area (Å²) < 4.78 is 5.45. The smallest absolute Gasteiger partial charge is 0.175 e. The number of rotatable bonds is 3. The highest BCUT2D eigenvalue weighted by Gasteiger charge is 2.56. The number of carbonyl (C=O) groups is 1. The first-order valence-corrected chi connectivity index (χ1v) is 5.49. The van der Waals surface area contributed by atoms with Crippen LogP contribution in [0.25, 0.3) is 0 Å². The predicted octanol–water partition coefficient (Wildman–Crippen LogP) is 2.50. The lowest BCUT2D eigenvalue weighted by Gasteiger charge is -2.50. The van der Waals surface area contributed by atoms with Gasteiger partial charge in [-0.15, -0.1) is 6.58 Å². The summed E-state index contributed by atoms with van der Waals surface area (Å²) in [5.74, 6) is 0.594. The van der Waals surface area contributed by atoms with Crippen LogP contribution in [-0.4, -0.2) is 18.5 Å². The van der Waals surface area contributed by atoms with Gasteiger partial charge in [-0.25, -0.2) is 0 Å². The molecule has 0 heterocycles. The van der Waals surface area contributed by atoms with Gasteiger partial charge in [0.2, 0.25) is 0 Å². The fourth-order valence-corrected chi connectivity index (χ4v) is 3.00. The predicted molar refractivity (Wildman–Crippen MR) is 59.5 cm³/mol. The van der Waals surface area contributed by atoms with Gasteiger partial charge in [-0.05, 0) is 31.3 Å². The maximum Gasteiger partial charge on any atom is 0.175 e. The Bertz CT molecular complexity index is 331. The molecule has 0 aromatic heterocycles. The van der Waals surface area contributed by atoms with E-state index in [4.69, 9.17) is 4.74 Å². The molecule has 0 spiro atoms. The zero-order valence-corrected chi connectivity index (χ0v) is 9.45. The third-order valence-electron chi connectivity index (χ3n) is 4.08. The van der Waals surface area contributed by atoms with Crippen LogP contribution in [0.15, 0.2) is 24.8 Å². The van der Waals surface area contributed by atoms with E-state index in [9.17, 15) is 4.79 Å². The second kappa shape index (κ2) is 3.31. The van der Waals surface area contributed by atoms with Crippen molar-refractivity contribution in [3.63, 3.8) is 0 Å². The SMILES string of the molecule is C=CC[C@]1(C)C(=O)[C@@]2(OC)C=C[C@@H]1CC2. The van der Waals surface area contributed by atoms with Gasteiger partial charge in [0.15, 0.2) is 5.78 Å². The number of methoxy groups -OCH3 is 1. The highest BCUT2D eigenvalue weighted by atomic mass is 16.5. The molecule has 0 radical (unpaired) electrons. The standard InChI is InChI=1S/C13H18O2/c1-4-7-12(2)10-5-8-13(15-3,9-6-10)11(12)14/h4-5,8,10H,1,6-7,9H2,2-3H3/t10-,12+,13-/m1/s1. The van der Waals surface area contributed by atoms with E-state index in [1.165, 1.54) is 0 Å². The van der Waals surface area contributed by atoms with Crippen LogP contribution in [-0.2, 0) is 9.53 Å². The lowest BCUT2D eigenvalue weighted by atomic mass is 9.56. The maximum absolute atomic E-state index is 12.4. The van der Waals surface area contributed by atoms with Crippen LogP contribution in [0.2, 0.25) is 0 Å². The molecule has 0 aromatic rings. The van der Waals surface area contributed by atoms with Gasteiger partial charge in [-0.2, -0.15) is 0 Å². The lowest BCUT2D eigenvalue weighted by Crippen LogP contribution is -2.57. The van der Waals surface area contributed by atoms with Crippen molar-refractivity contribution < 1.29 is 9.53 Å². The van der Waals surface area contributed by atoms with E-state index in [0.29, 0.717) is 5.92 Å². The normalized spacial score (nSPS) is 43.3. The van der Waals surface area contributed by atoms with Crippen LogP contribution in [0.4, 0.5) is 0 Å². The Morgan fingerprint density at radius 1 is 1.73 bits per heavy atom. The van der Waals surface area contributed by atoms with Crippen molar-refractivity contribution in [2.45, 2.75) is 31.8 Å². The van der Waals surface area contributed by atoms with Gasteiger partial charge in [-0.3, -0.25) is 4.79 Å². The van der Waals surface area contributed by atoms with Gasteiger partial charge < -0.3 is 4.74 Å². The summed E-state index contributed by atoms with van der Waals surface area (Å²) in [5.41, 5.74) is -0.947. The topological polar surface area (TPSA) is 26.3 Å². The summed E-state index contributed by atoms with van der Waals surface area (Å²) >= 11 is 0. The lowest BCUT2D eigenvalue weighted by molar-refractivity contribution is -0.156. The number of hydrogen-bond donors (Lipinski definition) is 0. The number of fused-ring (bicyclic) bond motifs is 2. The Labute approximate surface area is 91.0 Å². The molecule has 2 heteroatoms. The van der Waals surface area contributed by atoms with E-state index < -0.39 is 5.60 Å². The molecule has 0 unspecified atom stereocenters. The van der Waals surface area contributed by atoms with Crippen molar-refractivity contribution in [3.05, 3.63) is 24.8 Å². The van der Waals surface area contributed by atoms with E-state index in [0.717, 1.165) is 19.3 Å². The van der Waals surface area contributed by atoms with Crippen LogP contribution in [0, 0.1) is 11.3 Å². The molecule has 0 amide bonds. The molecular weight excluding hydrogens is 188 g/mol. The monoisotopic (exact) mass is 206 g/mol. The Balaban J connectivity index is 2.43. The summed E-state index contributed by atoms with van der Waals surface area (Å²) in [7, 11) is 1.63. The molecule has 1 saturated carbocycles. The van der Waals surface area contributed by atoms with Crippen molar-refractivity contribution >= 4 is 5.78 Å². The molecule has 3 aliphatic carbocycles. The van der Waals surface area contributed by atoms with E-state index in [2.05, 4.69) is 12.7 Å². The number of carbonyl (C=O) groups excluding carboxylic acids is 1. The van der Waals surface area contributed by atoms with Crippen LogP contribution in [0.1, 0.15) is 26.2 Å². The third kappa shape index (κ3) is 1.24. The number of allylic oxidation sites excluding steroid dienone is 2. The molecule has 2 nitrogen and oxygen atoms in total. The molecule has 1 fully saturated rings. The van der Waals surface area contributed by atoms with Gasteiger partial charge in [-0.1, -0.05) is 19.1 Å². The van der Waals surface area contributed by atoms with E-state index in [1.54, 1.807) is 7.11 Å². The van der Waals surface area contributed by atoms with Crippen molar-refractivity contribution in [2.24, 2.45) is 11.3 Å². The Morgan fingerprint density at radius 2 is 2.47 bits per heavy atom. The summed E-state index contributed by atoms with van der Waals surface area (Å²) in [6.45, 7) is 5.79. The minimum absolute atomic E-state index is 0.233. The van der Waals surface area contributed by atoms with E-state index in [1.807, 2.05) is 19.1 Å². The quantitative estimate of drug-likeness (QED) is 0.663. The average Bonchev–Trinajstić information content (AvgIpc) is 2.27. The molecule has 2 bridgehead atoms. The summed E-state index contributed by atoms with van der Waals surface area (Å²) in [6, 6.07) is 0. The molecule has 82 valence electrons. The largest absolute Gasteiger partial charge is 0.366 e. The van der Waals surface area contributed by atoms with Crippen LogP contribution < -0.4 is 0 Å². The Hall–Kier alpha value is -0.890. The second-order valence-corrected chi connectivity index (χ2v) is 4.84. The average molecular weight is 206 g/mol. The fraction of sp³-hybridized carbons (Fsp3) is 0.615. The summed E-state index contributed by atoms with van der Waals surface area (Å²) in [6.07, 6.45) is 8.56. The third-order valence-corrected chi connectivity index (χ3v) is 4.08. The second-order valence-electron chi connectivity index (χ2n) is 4.84. The molecule has 3 aliphatic rings. The number of Topliss-reactive ketones (excluding diaryl/α,β-unsaturated/α-hetero) is 1. The molecule has 15 heavy (non-hydrogen) atoms. The molecule has 0 aliphatic heterocycles. The van der Waals surface area contributed by atoms with Gasteiger partial charge in [0.05, 0.1) is 0 Å². The molecule has 3 rings (SSSR count). The van der Waals surface area contributed by atoms with Crippen LogP contribution >= 0.6 is 0 Å². The minimum atomic E-state index is -0.646. The molecule has 0 N–H and O–H groups in total. The fourth-order valence-electron chi connectivity index (χ4n) is 3.00. The molecule has 0 saturated heterocycles. The highest BCUT2D eigenvalue weighted by Crippen LogP contribution is 2.51. The van der Waals surface area contributed by atoms with Crippen molar-refractivity contribution in [3.8, 4) is 0 Å². The number of ether oxygens (including phenoxy) is 1. The van der Waals surface area contributed by atoms with Crippen LogP contribution in [0.5, 0.6) is 0 Å². The van der Waals surface area contributed by atoms with Gasteiger partial charge >= 0.3 is 0 Å². The van der Waals surface area contributed by atoms with E-state index in [-0.39, 0.29) is 11.2 Å². The van der Waals surface area contributed by atoms with Gasteiger partial charge in [0.25, 0.3) is 0 Å². The van der Waals surface area contributed by atoms with Crippen molar-refractivity contribution in [1.82, 2.24) is 0 Å². The number of hydrogen-bond acceptors (Lipinski definition) is 2. The zero-order chi connectivity index (χ0) is 11.1. The van der Waals surface area contributed by atoms with Gasteiger partial charge in [0.1, 0.15) is 5.60 Å². The molecular formula is C13H18O2. The van der Waals surface area contributed by atoms with Gasteiger partial charge in [0, 0.05) is 12.5 Å². The van der Waals surface area contributed by atoms with Crippen molar-refractivity contribution in [1.29, 1.82) is 0 Å².